The van der Waals surface area contributed by atoms with Gasteiger partial charge in [0.2, 0.25) is 15.9 Å². The third kappa shape index (κ3) is 6.60. The van der Waals surface area contributed by atoms with Crippen molar-refractivity contribution >= 4 is 39.3 Å². The second-order valence-corrected chi connectivity index (χ2v) is 14.0. The molecule has 1 amide bonds. The summed E-state index contributed by atoms with van der Waals surface area (Å²) in [7, 11) is -3.95. The second kappa shape index (κ2) is 10.4. The van der Waals surface area contributed by atoms with Crippen molar-refractivity contribution < 1.29 is 22.7 Å². The van der Waals surface area contributed by atoms with Gasteiger partial charge in [-0.15, -0.1) is 11.8 Å². The van der Waals surface area contributed by atoms with Gasteiger partial charge in [-0.1, -0.05) is 29.8 Å². The van der Waals surface area contributed by atoms with Gasteiger partial charge in [-0.05, 0) is 71.4 Å². The van der Waals surface area contributed by atoms with Gasteiger partial charge in [0.1, 0.15) is 17.7 Å². The summed E-state index contributed by atoms with van der Waals surface area (Å²) in [6.45, 7) is 10.8. The van der Waals surface area contributed by atoms with Gasteiger partial charge in [-0.25, -0.2) is 13.2 Å². The largest absolute Gasteiger partial charge is 0.458 e. The zero-order chi connectivity index (χ0) is 26.9. The van der Waals surface area contributed by atoms with Crippen molar-refractivity contribution in [2.24, 2.45) is 0 Å². The van der Waals surface area contributed by atoms with Crippen molar-refractivity contribution in [2.75, 3.05) is 11.6 Å². The minimum atomic E-state index is -3.95. The normalized spacial score (nSPS) is 19.0. The number of amides is 1. The first-order valence-corrected chi connectivity index (χ1v) is 14.1. The molecule has 1 fully saturated rings. The quantitative estimate of drug-likeness (QED) is 0.413. The van der Waals surface area contributed by atoms with Crippen LogP contribution < -0.4 is 11.1 Å². The first-order chi connectivity index (χ1) is 16.6. The molecule has 0 radical (unpaired) electrons. The molecule has 0 aromatic heterocycles. The predicted molar refractivity (Wildman–Crippen MR) is 143 cm³/mol. The lowest BCUT2D eigenvalue weighted by Crippen LogP contribution is -2.57. The summed E-state index contributed by atoms with van der Waals surface area (Å²) >= 11 is 1.38. The van der Waals surface area contributed by atoms with Gasteiger partial charge in [0, 0.05) is 16.9 Å². The zero-order valence-corrected chi connectivity index (χ0v) is 23.2. The Morgan fingerprint density at radius 3 is 2.28 bits per heavy atom. The molecule has 0 aliphatic carbocycles. The number of carbonyl (C=O) groups is 2. The molecule has 1 heterocycles. The van der Waals surface area contributed by atoms with E-state index in [9.17, 15) is 18.0 Å². The number of anilines is 1. The summed E-state index contributed by atoms with van der Waals surface area (Å²) < 4.78 is 33.1. The topological polar surface area (TPSA) is 119 Å². The minimum Gasteiger partial charge on any atom is -0.458 e. The third-order valence-corrected chi connectivity index (χ3v) is 9.18. The number of ether oxygens (including phenoxy) is 1. The van der Waals surface area contributed by atoms with Gasteiger partial charge in [0.05, 0.1) is 10.8 Å². The van der Waals surface area contributed by atoms with Gasteiger partial charge in [0.25, 0.3) is 0 Å². The number of aryl methyl sites for hydroxylation is 1. The van der Waals surface area contributed by atoms with E-state index in [0.717, 1.165) is 11.1 Å². The monoisotopic (exact) mass is 533 g/mol. The Morgan fingerprint density at radius 2 is 1.72 bits per heavy atom. The van der Waals surface area contributed by atoms with Crippen LogP contribution in [0, 0.1) is 6.92 Å². The molecule has 0 saturated carbocycles. The molecule has 0 spiro atoms. The Kier molecular flexibility index (Phi) is 8.12. The second-order valence-electron chi connectivity index (χ2n) is 10.5. The maximum atomic E-state index is 13.7. The standard InChI is InChI=1S/C26H35N3O5S2/c1-17-7-13-20(14-8-17)36(32,33)29-16-35-26(5,6)22(29)23(30)28-21(24(31)34-25(2,3)4)15-18-9-11-19(27)12-10-18/h7-14,21-22H,15-16,27H2,1-6H3,(H,28,30)/t21-,22-/m1/s1. The van der Waals surface area contributed by atoms with E-state index >= 15 is 0 Å². The number of hydrogen-bond donors (Lipinski definition) is 2. The predicted octanol–water partition coefficient (Wildman–Crippen LogP) is 3.49. The molecular formula is C26H35N3O5S2. The van der Waals surface area contributed by atoms with E-state index in [1.165, 1.54) is 16.1 Å². The Balaban J connectivity index is 1.91. The van der Waals surface area contributed by atoms with Crippen molar-refractivity contribution in [3.63, 3.8) is 0 Å². The van der Waals surface area contributed by atoms with Crippen molar-refractivity contribution in [2.45, 2.75) is 75.3 Å². The number of benzene rings is 2. The fraction of sp³-hybridized carbons (Fsp3) is 0.462. The van der Waals surface area contributed by atoms with Crippen LogP contribution in [0.1, 0.15) is 45.7 Å². The molecule has 10 heteroatoms. The van der Waals surface area contributed by atoms with E-state index in [0.29, 0.717) is 5.69 Å². The highest BCUT2D eigenvalue weighted by Gasteiger charge is 2.51. The van der Waals surface area contributed by atoms with Crippen LogP contribution in [-0.2, 0) is 30.8 Å². The molecule has 1 saturated heterocycles. The smallest absolute Gasteiger partial charge is 0.329 e. The minimum absolute atomic E-state index is 0.120. The highest BCUT2D eigenvalue weighted by atomic mass is 32.2. The summed E-state index contributed by atoms with van der Waals surface area (Å²) in [4.78, 5) is 26.9. The van der Waals surface area contributed by atoms with Crippen LogP contribution in [0.25, 0.3) is 0 Å². The lowest BCUT2D eigenvalue weighted by molar-refractivity contribution is -0.158. The molecule has 0 unspecified atom stereocenters. The molecule has 1 aliphatic heterocycles. The molecule has 3 N–H and O–H groups in total. The van der Waals surface area contributed by atoms with Crippen molar-refractivity contribution in [3.05, 3.63) is 59.7 Å². The highest BCUT2D eigenvalue weighted by Crippen LogP contribution is 2.42. The Morgan fingerprint density at radius 1 is 1.14 bits per heavy atom. The van der Waals surface area contributed by atoms with E-state index in [1.807, 2.05) is 20.8 Å². The van der Waals surface area contributed by atoms with E-state index in [2.05, 4.69) is 5.32 Å². The summed E-state index contributed by atoms with van der Waals surface area (Å²) in [5, 5.41) is 2.80. The van der Waals surface area contributed by atoms with Crippen molar-refractivity contribution in [1.29, 1.82) is 0 Å². The number of esters is 1. The van der Waals surface area contributed by atoms with Gasteiger partial charge in [-0.3, -0.25) is 4.79 Å². The summed E-state index contributed by atoms with van der Waals surface area (Å²) in [6, 6.07) is 11.5. The molecule has 0 bridgehead atoms. The third-order valence-electron chi connectivity index (χ3n) is 5.81. The highest BCUT2D eigenvalue weighted by molar-refractivity contribution is 8.02. The lowest BCUT2D eigenvalue weighted by Gasteiger charge is -2.32. The Bertz CT molecular complexity index is 1200. The molecule has 196 valence electrons. The van der Waals surface area contributed by atoms with Crippen LogP contribution in [0.4, 0.5) is 5.69 Å². The average Bonchev–Trinajstić information content (AvgIpc) is 3.09. The first kappa shape index (κ1) is 28.0. The van der Waals surface area contributed by atoms with E-state index in [1.54, 1.807) is 69.3 Å². The molecule has 1 aliphatic rings. The molecule has 36 heavy (non-hydrogen) atoms. The lowest BCUT2D eigenvalue weighted by atomic mass is 10.0. The molecule has 3 rings (SSSR count). The number of nitrogens with one attached hydrogen (secondary N) is 1. The van der Waals surface area contributed by atoms with Crippen LogP contribution >= 0.6 is 11.8 Å². The molecule has 8 nitrogen and oxygen atoms in total. The van der Waals surface area contributed by atoms with Crippen LogP contribution in [0.5, 0.6) is 0 Å². The molecule has 2 atom stereocenters. The Hall–Kier alpha value is -2.56. The van der Waals surface area contributed by atoms with Crippen molar-refractivity contribution in [3.8, 4) is 0 Å². The SMILES string of the molecule is Cc1ccc(S(=O)(=O)N2CSC(C)(C)[C@H]2C(=O)N[C@H](Cc2ccc(N)cc2)C(=O)OC(C)(C)C)cc1. The average molecular weight is 534 g/mol. The number of rotatable bonds is 7. The van der Waals surface area contributed by atoms with E-state index in [4.69, 9.17) is 10.5 Å². The van der Waals surface area contributed by atoms with Crippen LogP contribution in [0.2, 0.25) is 0 Å². The van der Waals surface area contributed by atoms with Crippen molar-refractivity contribution in [1.82, 2.24) is 9.62 Å². The molecule has 2 aromatic carbocycles. The number of nitrogens with zero attached hydrogens (tertiary/aromatic N) is 1. The maximum Gasteiger partial charge on any atom is 0.329 e. The zero-order valence-electron chi connectivity index (χ0n) is 21.6. The van der Waals surface area contributed by atoms with Crippen LogP contribution in [0.3, 0.4) is 0 Å². The van der Waals surface area contributed by atoms with Gasteiger partial charge >= 0.3 is 5.97 Å². The Labute approximate surface area is 218 Å². The summed E-state index contributed by atoms with van der Waals surface area (Å²) in [5.74, 6) is -1.02. The molecule has 2 aromatic rings. The fourth-order valence-electron chi connectivity index (χ4n) is 3.94. The summed E-state index contributed by atoms with van der Waals surface area (Å²) in [6.07, 6.45) is 0.173. The maximum absolute atomic E-state index is 13.7. The van der Waals surface area contributed by atoms with Crippen LogP contribution in [0.15, 0.2) is 53.4 Å². The van der Waals surface area contributed by atoms with E-state index in [-0.39, 0.29) is 17.2 Å². The molecular weight excluding hydrogens is 498 g/mol. The summed E-state index contributed by atoms with van der Waals surface area (Å²) in [5.41, 5.74) is 7.32. The van der Waals surface area contributed by atoms with E-state index < -0.39 is 44.3 Å². The first-order valence-electron chi connectivity index (χ1n) is 11.7. The van der Waals surface area contributed by atoms with Gasteiger partial charge in [-0.2, -0.15) is 4.31 Å². The number of nitrogens with two attached hydrogens (primary N) is 1. The van der Waals surface area contributed by atoms with Gasteiger partial charge < -0.3 is 15.8 Å². The van der Waals surface area contributed by atoms with Crippen LogP contribution in [-0.4, -0.2) is 52.9 Å². The number of carbonyl (C=O) groups excluding carboxylic acids is 2. The number of nitrogen functional groups attached to an aromatic ring is 1. The number of sulfonamides is 1. The fourth-order valence-corrected chi connectivity index (χ4v) is 7.11. The van der Waals surface area contributed by atoms with Gasteiger partial charge in [0.15, 0.2) is 0 Å². The number of hydrogen-bond acceptors (Lipinski definition) is 7. The number of thioether (sulfide) groups is 1.